The number of rotatable bonds is 6. The molecule has 0 aliphatic heterocycles. The van der Waals surface area contributed by atoms with Crippen LogP contribution in [-0.4, -0.2) is 9.76 Å². The van der Waals surface area contributed by atoms with Gasteiger partial charge in [0, 0.05) is 5.56 Å². The molecule has 152 valence electrons. The molecule has 0 saturated heterocycles. The number of benzene rings is 2. The van der Waals surface area contributed by atoms with Gasteiger partial charge in [-0.05, 0) is 42.0 Å². The van der Waals surface area contributed by atoms with Crippen LogP contribution in [0.15, 0.2) is 54.6 Å². The van der Waals surface area contributed by atoms with E-state index >= 15 is 0 Å². The Hall–Kier alpha value is -1.86. The number of hydrogen-bond donors (Lipinski definition) is 0. The highest BCUT2D eigenvalue weighted by molar-refractivity contribution is 6.67. The molecule has 0 aromatic heterocycles. The maximum absolute atomic E-state index is 12.8. The molecule has 1 aliphatic carbocycles. The summed E-state index contributed by atoms with van der Waals surface area (Å²) in [4.78, 5) is 12.8. The van der Waals surface area contributed by atoms with Gasteiger partial charge in [0.15, 0.2) is 9.90 Å². The summed E-state index contributed by atoms with van der Waals surface area (Å²) < 4.78 is 10.1. The van der Waals surface area contributed by atoms with E-state index in [4.69, 9.17) is 50.7 Å². The predicted molar refractivity (Wildman–Crippen MR) is 116 cm³/mol. The molecule has 0 N–H and O–H groups in total. The zero-order chi connectivity index (χ0) is 21.2. The molecular weight excluding hydrogens is 431 g/mol. The van der Waals surface area contributed by atoms with Gasteiger partial charge in [-0.2, -0.15) is 0 Å². The van der Waals surface area contributed by atoms with Gasteiger partial charge in [0.1, 0.15) is 11.5 Å². The Morgan fingerprint density at radius 1 is 1.14 bits per heavy atom. The number of esters is 1. The summed E-state index contributed by atoms with van der Waals surface area (Å²) in [6.45, 7) is 3.92. The first-order valence-electron chi connectivity index (χ1n) is 9.18. The van der Waals surface area contributed by atoms with Gasteiger partial charge < -0.3 is 9.47 Å². The first kappa shape index (κ1) is 21.8. The zero-order valence-corrected chi connectivity index (χ0v) is 18.3. The van der Waals surface area contributed by atoms with Crippen molar-refractivity contribution >= 4 is 40.8 Å². The van der Waals surface area contributed by atoms with E-state index in [2.05, 4.69) is 5.92 Å². The molecule has 0 spiro atoms. The first-order chi connectivity index (χ1) is 13.6. The lowest BCUT2D eigenvalue weighted by molar-refractivity contribution is -0.149. The smallest absolute Gasteiger partial charge is 0.311 e. The van der Waals surface area contributed by atoms with E-state index in [1.807, 2.05) is 50.2 Å². The van der Waals surface area contributed by atoms with Crippen molar-refractivity contribution < 1.29 is 14.3 Å². The fraction of sp³-hybridized carbons (Fsp3) is 0.348. The third-order valence-electron chi connectivity index (χ3n) is 5.28. The average molecular weight is 452 g/mol. The Bertz CT molecular complexity index is 913. The second kappa shape index (κ2) is 8.48. The van der Waals surface area contributed by atoms with Crippen LogP contribution in [0.5, 0.6) is 11.5 Å². The summed E-state index contributed by atoms with van der Waals surface area (Å²) in [7, 11) is 0. The van der Waals surface area contributed by atoms with Crippen molar-refractivity contribution in [2.75, 3.05) is 0 Å². The van der Waals surface area contributed by atoms with Crippen molar-refractivity contribution in [1.82, 2.24) is 0 Å². The zero-order valence-electron chi connectivity index (χ0n) is 16.1. The molecule has 1 unspecified atom stereocenters. The van der Waals surface area contributed by atoms with E-state index in [0.29, 0.717) is 17.1 Å². The number of carbonyl (C=O) groups is 1. The Labute approximate surface area is 186 Å². The lowest BCUT2D eigenvalue weighted by Gasteiger charge is -2.15. The fourth-order valence-electron chi connectivity index (χ4n) is 3.60. The second-order valence-corrected chi connectivity index (χ2v) is 10.2. The van der Waals surface area contributed by atoms with Gasteiger partial charge in [-0.3, -0.25) is 4.79 Å². The molecule has 0 amide bonds. The Balaban J connectivity index is 1.70. The lowest BCUT2D eigenvalue weighted by atomic mass is 10.1. The van der Waals surface area contributed by atoms with Crippen molar-refractivity contribution in [2.45, 2.75) is 30.2 Å². The molecule has 1 saturated carbocycles. The monoisotopic (exact) mass is 450 g/mol. The Morgan fingerprint density at radius 3 is 2.41 bits per heavy atom. The van der Waals surface area contributed by atoms with Crippen LogP contribution in [0.3, 0.4) is 0 Å². The molecule has 3 rings (SSSR count). The highest BCUT2D eigenvalue weighted by Gasteiger charge is 2.64. The second-order valence-electron chi connectivity index (χ2n) is 7.70. The van der Waals surface area contributed by atoms with Crippen LogP contribution in [0, 0.1) is 29.6 Å². The minimum atomic E-state index is -1.41. The molecule has 3 atom stereocenters. The third-order valence-corrected chi connectivity index (χ3v) is 5.74. The molecule has 1 fully saturated rings. The van der Waals surface area contributed by atoms with Crippen LogP contribution in [0.4, 0.5) is 0 Å². The quantitative estimate of drug-likeness (QED) is 0.277. The normalized spacial score (nSPS) is 21.0. The highest BCUT2D eigenvalue weighted by Crippen LogP contribution is 2.63. The molecule has 2 aromatic carbocycles. The standard InChI is InChI=1S/C23H21Cl3O3/c1-4-19(29-21(27)20-18(22(20,2)3)14-23(24,25)26)15-9-8-12-17(13-15)28-16-10-6-5-7-11-16/h1,5-13,18-20H,14H2,2-3H3/t18-,19?,20-/m0/s1. The molecule has 6 heteroatoms. The predicted octanol–water partition coefficient (Wildman–Crippen LogP) is 6.73. The van der Waals surface area contributed by atoms with Crippen molar-refractivity contribution in [2.24, 2.45) is 17.3 Å². The lowest BCUT2D eigenvalue weighted by Crippen LogP contribution is -2.15. The van der Waals surface area contributed by atoms with Crippen LogP contribution >= 0.6 is 34.8 Å². The average Bonchev–Trinajstić information content (AvgIpc) is 3.18. The fourth-order valence-corrected chi connectivity index (χ4v) is 4.09. The Kier molecular flexibility index (Phi) is 6.39. The van der Waals surface area contributed by atoms with Crippen LogP contribution in [0.1, 0.15) is 31.9 Å². The van der Waals surface area contributed by atoms with Crippen molar-refractivity contribution in [3.63, 3.8) is 0 Å². The number of carbonyl (C=O) groups excluding carboxylic acids is 1. The van der Waals surface area contributed by atoms with Gasteiger partial charge in [0.05, 0.1) is 5.92 Å². The summed E-state index contributed by atoms with van der Waals surface area (Å²) in [5.74, 6) is 3.02. The SMILES string of the molecule is C#CC(OC(=O)[C@@H]1[C@H](CC(Cl)(Cl)Cl)C1(C)C)c1cccc(Oc2ccccc2)c1. The van der Waals surface area contributed by atoms with E-state index in [1.165, 1.54) is 0 Å². The minimum absolute atomic E-state index is 0.0753. The van der Waals surface area contributed by atoms with Crippen LogP contribution < -0.4 is 4.74 Å². The number of terminal acetylenes is 1. The van der Waals surface area contributed by atoms with E-state index in [0.717, 1.165) is 0 Å². The van der Waals surface area contributed by atoms with E-state index in [-0.39, 0.29) is 29.6 Å². The van der Waals surface area contributed by atoms with Gasteiger partial charge in [0.2, 0.25) is 0 Å². The van der Waals surface area contributed by atoms with Crippen LogP contribution in [-0.2, 0) is 9.53 Å². The van der Waals surface area contributed by atoms with E-state index in [9.17, 15) is 4.79 Å². The van der Waals surface area contributed by atoms with Gasteiger partial charge in [-0.15, -0.1) is 6.42 Å². The maximum Gasteiger partial charge on any atom is 0.311 e. The van der Waals surface area contributed by atoms with Crippen molar-refractivity contribution in [3.8, 4) is 23.8 Å². The van der Waals surface area contributed by atoms with Gasteiger partial charge >= 0.3 is 5.97 Å². The van der Waals surface area contributed by atoms with Crippen LogP contribution in [0.25, 0.3) is 0 Å². The van der Waals surface area contributed by atoms with Crippen LogP contribution in [0.2, 0.25) is 0 Å². The Morgan fingerprint density at radius 2 is 1.79 bits per heavy atom. The van der Waals surface area contributed by atoms with Gasteiger partial charge in [-0.25, -0.2) is 0 Å². The number of ether oxygens (including phenoxy) is 2. The molecule has 29 heavy (non-hydrogen) atoms. The molecule has 3 nitrogen and oxygen atoms in total. The molecule has 0 radical (unpaired) electrons. The maximum atomic E-state index is 12.8. The third kappa shape index (κ3) is 5.39. The van der Waals surface area contributed by atoms with Gasteiger partial charge in [-0.1, -0.05) is 84.9 Å². The summed E-state index contributed by atoms with van der Waals surface area (Å²) in [6, 6.07) is 16.6. The number of hydrogen-bond acceptors (Lipinski definition) is 3. The number of para-hydroxylation sites is 1. The summed E-state index contributed by atoms with van der Waals surface area (Å²) in [5.41, 5.74) is 0.351. The molecule has 0 heterocycles. The molecule has 1 aliphatic rings. The van der Waals surface area contributed by atoms with Gasteiger partial charge in [0.25, 0.3) is 0 Å². The van der Waals surface area contributed by atoms with E-state index < -0.39 is 9.90 Å². The first-order valence-corrected chi connectivity index (χ1v) is 10.3. The summed E-state index contributed by atoms with van der Waals surface area (Å²) in [6.07, 6.45) is 5.11. The van der Waals surface area contributed by atoms with E-state index in [1.54, 1.807) is 18.2 Å². The number of halogens is 3. The summed E-state index contributed by atoms with van der Waals surface area (Å²) in [5, 5.41) is 0. The highest BCUT2D eigenvalue weighted by atomic mass is 35.6. The summed E-state index contributed by atoms with van der Waals surface area (Å²) >= 11 is 17.7. The number of alkyl halides is 3. The molecular formula is C23H21Cl3O3. The topological polar surface area (TPSA) is 35.5 Å². The largest absolute Gasteiger partial charge is 0.457 e. The van der Waals surface area contributed by atoms with Crippen molar-refractivity contribution in [3.05, 3.63) is 60.2 Å². The molecule has 0 bridgehead atoms. The minimum Gasteiger partial charge on any atom is -0.457 e. The molecule has 2 aromatic rings. The van der Waals surface area contributed by atoms with Crippen molar-refractivity contribution in [1.29, 1.82) is 0 Å².